The number of ether oxygens (including phenoxy) is 1. The maximum atomic E-state index is 12.6. The summed E-state index contributed by atoms with van der Waals surface area (Å²) < 4.78 is 33.3. The SMILES string of the molecule is CCOc1cccc(CNC(=O)c2ccc(C)c(NS(=O)(=O)c3ccccc3)c2)c1. The van der Waals surface area contributed by atoms with Gasteiger partial charge in [-0.3, -0.25) is 9.52 Å². The van der Waals surface area contributed by atoms with Crippen LogP contribution in [0.4, 0.5) is 5.69 Å². The van der Waals surface area contributed by atoms with Crippen molar-refractivity contribution < 1.29 is 17.9 Å². The van der Waals surface area contributed by atoms with E-state index in [0.717, 1.165) is 16.9 Å². The van der Waals surface area contributed by atoms with Crippen molar-refractivity contribution in [3.05, 3.63) is 89.5 Å². The Morgan fingerprint density at radius 2 is 1.73 bits per heavy atom. The molecule has 6 nitrogen and oxygen atoms in total. The number of benzene rings is 3. The van der Waals surface area contributed by atoms with Crippen LogP contribution in [0.25, 0.3) is 0 Å². The minimum absolute atomic E-state index is 0.161. The van der Waals surface area contributed by atoms with Gasteiger partial charge in [-0.2, -0.15) is 0 Å². The van der Waals surface area contributed by atoms with Crippen LogP contribution < -0.4 is 14.8 Å². The number of hydrogen-bond acceptors (Lipinski definition) is 4. The summed E-state index contributed by atoms with van der Waals surface area (Å²) in [7, 11) is -3.74. The second-order valence-electron chi connectivity index (χ2n) is 6.71. The number of carbonyl (C=O) groups excluding carboxylic acids is 1. The second kappa shape index (κ2) is 9.45. The zero-order valence-corrected chi connectivity index (χ0v) is 17.7. The molecule has 0 saturated heterocycles. The molecule has 2 N–H and O–H groups in total. The van der Waals surface area contributed by atoms with Crippen molar-refractivity contribution in [3.63, 3.8) is 0 Å². The Balaban J connectivity index is 1.73. The van der Waals surface area contributed by atoms with Crippen LogP contribution >= 0.6 is 0 Å². The summed E-state index contributed by atoms with van der Waals surface area (Å²) in [5.74, 6) is 0.453. The van der Waals surface area contributed by atoms with Gasteiger partial charge in [-0.15, -0.1) is 0 Å². The molecular formula is C23H24N2O4S. The summed E-state index contributed by atoms with van der Waals surface area (Å²) in [6, 6.07) is 20.5. The molecule has 0 aliphatic rings. The molecule has 0 aliphatic carbocycles. The molecule has 0 spiro atoms. The molecule has 0 heterocycles. The summed E-state index contributed by atoms with van der Waals surface area (Å²) in [4.78, 5) is 12.8. The third-order valence-electron chi connectivity index (χ3n) is 4.46. The fraction of sp³-hybridized carbons (Fsp3) is 0.174. The molecule has 3 rings (SSSR count). The fourth-order valence-corrected chi connectivity index (χ4v) is 4.02. The number of anilines is 1. The van der Waals surface area contributed by atoms with Crippen molar-refractivity contribution in [3.8, 4) is 5.75 Å². The highest BCUT2D eigenvalue weighted by Gasteiger charge is 2.16. The molecule has 0 aliphatic heterocycles. The molecule has 0 saturated carbocycles. The van der Waals surface area contributed by atoms with Gasteiger partial charge in [-0.05, 0) is 61.4 Å². The Morgan fingerprint density at radius 3 is 2.47 bits per heavy atom. The van der Waals surface area contributed by atoms with Crippen molar-refractivity contribution in [2.75, 3.05) is 11.3 Å². The standard InChI is InChI=1S/C23H24N2O4S/c1-3-29-20-9-7-8-18(14-20)16-24-23(26)19-13-12-17(2)22(15-19)25-30(27,28)21-10-5-4-6-11-21/h4-15,25H,3,16H2,1-2H3,(H,24,26). The maximum absolute atomic E-state index is 12.6. The summed E-state index contributed by atoms with van der Waals surface area (Å²) in [5.41, 5.74) is 2.36. The first-order valence-corrected chi connectivity index (χ1v) is 11.1. The molecule has 156 valence electrons. The molecule has 0 unspecified atom stereocenters. The Hall–Kier alpha value is -3.32. The molecule has 0 atom stereocenters. The average Bonchev–Trinajstić information content (AvgIpc) is 2.74. The number of nitrogens with one attached hydrogen (secondary N) is 2. The molecule has 7 heteroatoms. The highest BCUT2D eigenvalue weighted by molar-refractivity contribution is 7.92. The van der Waals surface area contributed by atoms with Gasteiger partial charge in [0, 0.05) is 12.1 Å². The number of hydrogen-bond donors (Lipinski definition) is 2. The van der Waals surface area contributed by atoms with E-state index in [0.29, 0.717) is 24.4 Å². The lowest BCUT2D eigenvalue weighted by Gasteiger charge is -2.13. The van der Waals surface area contributed by atoms with E-state index < -0.39 is 10.0 Å². The lowest BCUT2D eigenvalue weighted by Crippen LogP contribution is -2.23. The van der Waals surface area contributed by atoms with Crippen LogP contribution in [0.15, 0.2) is 77.7 Å². The van der Waals surface area contributed by atoms with E-state index in [4.69, 9.17) is 4.74 Å². The molecule has 0 radical (unpaired) electrons. The van der Waals surface area contributed by atoms with Gasteiger partial charge in [0.2, 0.25) is 0 Å². The van der Waals surface area contributed by atoms with E-state index in [-0.39, 0.29) is 10.8 Å². The number of aryl methyl sites for hydroxylation is 1. The van der Waals surface area contributed by atoms with Crippen LogP contribution in [0.2, 0.25) is 0 Å². The first-order chi connectivity index (χ1) is 14.4. The van der Waals surface area contributed by atoms with Gasteiger partial charge < -0.3 is 10.1 Å². The molecule has 3 aromatic carbocycles. The third-order valence-corrected chi connectivity index (χ3v) is 5.84. The van der Waals surface area contributed by atoms with Gasteiger partial charge in [-0.25, -0.2) is 8.42 Å². The number of rotatable bonds is 8. The first-order valence-electron chi connectivity index (χ1n) is 9.57. The molecule has 30 heavy (non-hydrogen) atoms. The van der Waals surface area contributed by atoms with Crippen molar-refractivity contribution in [1.29, 1.82) is 0 Å². The molecule has 0 aromatic heterocycles. The normalized spacial score (nSPS) is 11.0. The van der Waals surface area contributed by atoms with E-state index in [1.807, 2.05) is 31.2 Å². The van der Waals surface area contributed by atoms with E-state index in [1.165, 1.54) is 12.1 Å². The van der Waals surface area contributed by atoms with Crippen molar-refractivity contribution in [1.82, 2.24) is 5.32 Å². The van der Waals surface area contributed by atoms with Crippen LogP contribution in [0.1, 0.15) is 28.4 Å². The molecule has 3 aromatic rings. The first kappa shape index (κ1) is 21.4. The Morgan fingerprint density at radius 1 is 0.967 bits per heavy atom. The molecule has 0 bridgehead atoms. The van der Waals surface area contributed by atoms with Crippen LogP contribution in [-0.4, -0.2) is 20.9 Å². The monoisotopic (exact) mass is 424 g/mol. The average molecular weight is 425 g/mol. The van der Waals surface area contributed by atoms with E-state index >= 15 is 0 Å². The highest BCUT2D eigenvalue weighted by Crippen LogP contribution is 2.21. The van der Waals surface area contributed by atoms with E-state index in [1.54, 1.807) is 43.3 Å². The van der Waals surface area contributed by atoms with Gasteiger partial charge >= 0.3 is 0 Å². The van der Waals surface area contributed by atoms with Crippen molar-refractivity contribution in [2.24, 2.45) is 0 Å². The summed E-state index contributed by atoms with van der Waals surface area (Å²) in [5, 5.41) is 2.85. The Bertz CT molecular complexity index is 1130. The Labute approximate surface area is 177 Å². The van der Waals surface area contributed by atoms with Gasteiger partial charge in [0.1, 0.15) is 5.75 Å². The molecular weight excluding hydrogens is 400 g/mol. The van der Waals surface area contributed by atoms with E-state index in [9.17, 15) is 13.2 Å². The van der Waals surface area contributed by atoms with Crippen LogP contribution in [0, 0.1) is 6.92 Å². The fourth-order valence-electron chi connectivity index (χ4n) is 2.87. The maximum Gasteiger partial charge on any atom is 0.261 e. The minimum Gasteiger partial charge on any atom is -0.494 e. The van der Waals surface area contributed by atoms with E-state index in [2.05, 4.69) is 10.0 Å². The zero-order valence-electron chi connectivity index (χ0n) is 16.9. The van der Waals surface area contributed by atoms with Crippen LogP contribution in [-0.2, 0) is 16.6 Å². The van der Waals surface area contributed by atoms with Crippen molar-refractivity contribution in [2.45, 2.75) is 25.3 Å². The zero-order chi connectivity index (χ0) is 21.6. The smallest absolute Gasteiger partial charge is 0.261 e. The number of sulfonamides is 1. The minimum atomic E-state index is -3.74. The molecule has 0 fully saturated rings. The van der Waals surface area contributed by atoms with Crippen LogP contribution in [0.5, 0.6) is 5.75 Å². The predicted octanol–water partition coefficient (Wildman–Crippen LogP) is 4.12. The lowest BCUT2D eigenvalue weighted by molar-refractivity contribution is 0.0951. The molecule has 1 amide bonds. The number of carbonyl (C=O) groups is 1. The second-order valence-corrected chi connectivity index (χ2v) is 8.39. The highest BCUT2D eigenvalue weighted by atomic mass is 32.2. The summed E-state index contributed by atoms with van der Waals surface area (Å²) >= 11 is 0. The van der Waals surface area contributed by atoms with Crippen LogP contribution in [0.3, 0.4) is 0 Å². The summed E-state index contributed by atoms with van der Waals surface area (Å²) in [6.45, 7) is 4.60. The van der Waals surface area contributed by atoms with Gasteiger partial charge in [0.05, 0.1) is 17.2 Å². The van der Waals surface area contributed by atoms with Gasteiger partial charge in [0.15, 0.2) is 0 Å². The number of amides is 1. The van der Waals surface area contributed by atoms with Gasteiger partial charge in [-0.1, -0.05) is 36.4 Å². The quantitative estimate of drug-likeness (QED) is 0.570. The topological polar surface area (TPSA) is 84.5 Å². The lowest BCUT2D eigenvalue weighted by atomic mass is 10.1. The van der Waals surface area contributed by atoms with Gasteiger partial charge in [0.25, 0.3) is 15.9 Å². The Kier molecular flexibility index (Phi) is 6.74. The third kappa shape index (κ3) is 5.39. The summed E-state index contributed by atoms with van der Waals surface area (Å²) in [6.07, 6.45) is 0. The predicted molar refractivity (Wildman–Crippen MR) is 117 cm³/mol. The van der Waals surface area contributed by atoms with Crippen molar-refractivity contribution >= 4 is 21.6 Å². The largest absolute Gasteiger partial charge is 0.494 e.